The molecule has 2 aromatic heterocycles. The molecule has 2 rings (SSSR count). The molecule has 0 aliphatic carbocycles. The van der Waals surface area contributed by atoms with E-state index in [1.54, 1.807) is 0 Å². The molecule has 0 radical (unpaired) electrons. The lowest BCUT2D eigenvalue weighted by molar-refractivity contribution is 0.809. The standard InChI is InChI=1S/C13H19N5OS2/c1-3-5-6-15-12(14)20-8-9-7-11(19)18-13(16-9)21-10(4-2)17-18/h7H,3-6,8H2,1-2H3,(H2,14,15). The van der Waals surface area contributed by atoms with Gasteiger partial charge in [-0.1, -0.05) is 43.4 Å². The summed E-state index contributed by atoms with van der Waals surface area (Å²) >= 11 is 2.86. The molecular formula is C13H19N5OS2. The Hall–Kier alpha value is -1.41. The Bertz CT molecular complexity index is 691. The Balaban J connectivity index is 2.09. The van der Waals surface area contributed by atoms with E-state index in [1.807, 2.05) is 6.92 Å². The first-order valence-corrected chi connectivity index (χ1v) is 8.75. The van der Waals surface area contributed by atoms with Crippen LogP contribution in [0.4, 0.5) is 0 Å². The second kappa shape index (κ2) is 7.56. The summed E-state index contributed by atoms with van der Waals surface area (Å²) in [5.41, 5.74) is 6.40. The molecule has 0 bridgehead atoms. The number of fused-ring (bicyclic) bond motifs is 1. The van der Waals surface area contributed by atoms with Crippen LogP contribution in [0.3, 0.4) is 0 Å². The molecule has 0 saturated heterocycles. The number of aryl methyl sites for hydroxylation is 1. The van der Waals surface area contributed by atoms with E-state index in [1.165, 1.54) is 33.7 Å². The van der Waals surface area contributed by atoms with Gasteiger partial charge in [-0.05, 0) is 12.8 Å². The number of aromatic nitrogens is 3. The van der Waals surface area contributed by atoms with Crippen molar-refractivity contribution in [3.63, 3.8) is 0 Å². The number of aliphatic imine (C=N–C) groups is 1. The first-order chi connectivity index (χ1) is 10.1. The van der Waals surface area contributed by atoms with Gasteiger partial charge in [0.25, 0.3) is 5.56 Å². The predicted molar refractivity (Wildman–Crippen MR) is 89.2 cm³/mol. The number of hydrogen-bond donors (Lipinski definition) is 1. The third kappa shape index (κ3) is 4.28. The second-order valence-electron chi connectivity index (χ2n) is 4.49. The van der Waals surface area contributed by atoms with Crippen molar-refractivity contribution in [2.75, 3.05) is 6.54 Å². The average Bonchev–Trinajstić information content (AvgIpc) is 2.89. The molecule has 0 fully saturated rings. The summed E-state index contributed by atoms with van der Waals surface area (Å²) in [7, 11) is 0. The van der Waals surface area contributed by atoms with Gasteiger partial charge in [0.15, 0.2) is 5.17 Å². The van der Waals surface area contributed by atoms with Crippen molar-refractivity contribution in [1.82, 2.24) is 14.6 Å². The number of amidine groups is 1. The molecule has 114 valence electrons. The van der Waals surface area contributed by atoms with Gasteiger partial charge in [0.1, 0.15) is 5.01 Å². The Morgan fingerprint density at radius 3 is 3.05 bits per heavy atom. The number of hydrogen-bond acceptors (Lipinski definition) is 6. The highest BCUT2D eigenvalue weighted by molar-refractivity contribution is 8.13. The fourth-order valence-corrected chi connectivity index (χ4v) is 3.14. The van der Waals surface area contributed by atoms with E-state index >= 15 is 0 Å². The minimum absolute atomic E-state index is 0.145. The molecule has 21 heavy (non-hydrogen) atoms. The molecule has 0 aliphatic heterocycles. The van der Waals surface area contributed by atoms with E-state index < -0.39 is 0 Å². The van der Waals surface area contributed by atoms with Crippen molar-refractivity contribution in [1.29, 1.82) is 0 Å². The lowest BCUT2D eigenvalue weighted by Gasteiger charge is -2.01. The maximum atomic E-state index is 12.0. The number of nitrogens with zero attached hydrogens (tertiary/aromatic N) is 4. The third-order valence-corrected chi connectivity index (χ3v) is 4.71. The van der Waals surface area contributed by atoms with Crippen LogP contribution >= 0.6 is 23.1 Å². The van der Waals surface area contributed by atoms with Crippen LogP contribution in [0.25, 0.3) is 4.96 Å². The monoisotopic (exact) mass is 325 g/mol. The van der Waals surface area contributed by atoms with Crippen molar-refractivity contribution >= 4 is 33.2 Å². The highest BCUT2D eigenvalue weighted by atomic mass is 32.2. The Kier molecular flexibility index (Phi) is 5.75. The minimum atomic E-state index is -0.145. The van der Waals surface area contributed by atoms with Crippen LogP contribution in [0.1, 0.15) is 37.4 Å². The van der Waals surface area contributed by atoms with Gasteiger partial charge in [-0.3, -0.25) is 9.79 Å². The molecule has 0 spiro atoms. The van der Waals surface area contributed by atoms with Gasteiger partial charge >= 0.3 is 0 Å². The molecule has 0 atom stereocenters. The highest BCUT2D eigenvalue weighted by Gasteiger charge is 2.08. The van der Waals surface area contributed by atoms with Crippen LogP contribution in [0.5, 0.6) is 0 Å². The zero-order valence-electron chi connectivity index (χ0n) is 12.2. The fraction of sp³-hybridized carbons (Fsp3) is 0.538. The largest absolute Gasteiger partial charge is 0.379 e. The van der Waals surface area contributed by atoms with Gasteiger partial charge in [-0.2, -0.15) is 9.61 Å². The van der Waals surface area contributed by atoms with Crippen LogP contribution < -0.4 is 11.3 Å². The summed E-state index contributed by atoms with van der Waals surface area (Å²) in [5.74, 6) is 0.548. The van der Waals surface area contributed by atoms with Gasteiger partial charge in [-0.25, -0.2) is 4.98 Å². The Morgan fingerprint density at radius 1 is 1.52 bits per heavy atom. The van der Waals surface area contributed by atoms with Crippen LogP contribution in [-0.4, -0.2) is 26.3 Å². The number of thioether (sulfide) groups is 1. The van der Waals surface area contributed by atoms with Crippen molar-refractivity contribution < 1.29 is 0 Å². The van der Waals surface area contributed by atoms with Crippen molar-refractivity contribution in [2.24, 2.45) is 10.7 Å². The van der Waals surface area contributed by atoms with E-state index in [0.29, 0.717) is 21.6 Å². The van der Waals surface area contributed by atoms with Gasteiger partial charge in [-0.15, -0.1) is 0 Å². The van der Waals surface area contributed by atoms with Gasteiger partial charge in [0.05, 0.1) is 5.69 Å². The normalized spacial score (nSPS) is 12.2. The topological polar surface area (TPSA) is 85.6 Å². The third-order valence-electron chi connectivity index (χ3n) is 2.79. The van der Waals surface area contributed by atoms with Crippen molar-refractivity contribution in [2.45, 2.75) is 38.9 Å². The summed E-state index contributed by atoms with van der Waals surface area (Å²) < 4.78 is 1.36. The van der Waals surface area contributed by atoms with Crippen molar-refractivity contribution in [3.8, 4) is 0 Å². The molecule has 0 unspecified atom stereocenters. The first-order valence-electron chi connectivity index (χ1n) is 6.95. The number of rotatable bonds is 6. The number of nitrogens with two attached hydrogens (primary N) is 1. The maximum Gasteiger partial charge on any atom is 0.275 e. The zero-order chi connectivity index (χ0) is 15.2. The lowest BCUT2D eigenvalue weighted by Crippen LogP contribution is -2.16. The summed E-state index contributed by atoms with van der Waals surface area (Å²) in [6.45, 7) is 4.87. The maximum absolute atomic E-state index is 12.0. The lowest BCUT2D eigenvalue weighted by atomic mass is 10.3. The predicted octanol–water partition coefficient (Wildman–Crippen LogP) is 2.06. The summed E-state index contributed by atoms with van der Waals surface area (Å²) in [6, 6.07) is 1.51. The SMILES string of the molecule is CCCCN=C(N)SCc1cc(=O)n2nc(CC)sc2n1. The van der Waals surface area contributed by atoms with Gasteiger partial charge < -0.3 is 5.73 Å². The second-order valence-corrected chi connectivity index (χ2v) is 6.53. The molecule has 8 heteroatoms. The molecule has 2 heterocycles. The van der Waals surface area contributed by atoms with E-state index in [0.717, 1.165) is 30.8 Å². The zero-order valence-corrected chi connectivity index (χ0v) is 13.8. The van der Waals surface area contributed by atoms with Crippen LogP contribution in [-0.2, 0) is 12.2 Å². The molecule has 0 saturated carbocycles. The summed E-state index contributed by atoms with van der Waals surface area (Å²) in [6.07, 6.45) is 2.93. The highest BCUT2D eigenvalue weighted by Crippen LogP contribution is 2.14. The van der Waals surface area contributed by atoms with Gasteiger partial charge in [0, 0.05) is 18.4 Å². The molecule has 2 N–H and O–H groups in total. The first kappa shape index (κ1) is 16.0. The summed E-state index contributed by atoms with van der Waals surface area (Å²) in [5, 5.41) is 5.67. The van der Waals surface area contributed by atoms with E-state index in [9.17, 15) is 4.79 Å². The minimum Gasteiger partial charge on any atom is -0.379 e. The molecule has 2 aromatic rings. The number of unbranched alkanes of at least 4 members (excludes halogenated alkanes) is 1. The van der Waals surface area contributed by atoms with E-state index in [-0.39, 0.29) is 5.56 Å². The van der Waals surface area contributed by atoms with E-state index in [2.05, 4.69) is 22.0 Å². The Morgan fingerprint density at radius 2 is 2.33 bits per heavy atom. The van der Waals surface area contributed by atoms with Crippen LogP contribution in [0.2, 0.25) is 0 Å². The smallest absolute Gasteiger partial charge is 0.275 e. The van der Waals surface area contributed by atoms with Crippen LogP contribution in [0, 0.1) is 0 Å². The molecular weight excluding hydrogens is 306 g/mol. The van der Waals surface area contributed by atoms with E-state index in [4.69, 9.17) is 5.73 Å². The average molecular weight is 325 g/mol. The quantitative estimate of drug-likeness (QED) is 0.499. The van der Waals surface area contributed by atoms with Gasteiger partial charge in [0.2, 0.25) is 4.96 Å². The Labute approximate surface area is 131 Å². The molecule has 0 aromatic carbocycles. The molecule has 0 aliphatic rings. The van der Waals surface area contributed by atoms with Crippen LogP contribution in [0.15, 0.2) is 15.9 Å². The molecule has 0 amide bonds. The summed E-state index contributed by atoms with van der Waals surface area (Å²) in [4.78, 5) is 21.3. The molecule has 6 nitrogen and oxygen atoms in total. The fourth-order valence-electron chi connectivity index (χ4n) is 1.65. The van der Waals surface area contributed by atoms with Crippen molar-refractivity contribution in [3.05, 3.63) is 27.1 Å².